The Labute approximate surface area is 303 Å². The van der Waals surface area contributed by atoms with Crippen LogP contribution in [0, 0.1) is 0 Å². The van der Waals surface area contributed by atoms with Gasteiger partial charge in [-0.25, -0.2) is 0 Å². The summed E-state index contributed by atoms with van der Waals surface area (Å²) < 4.78 is 0. The van der Waals surface area contributed by atoms with E-state index >= 15 is 0 Å². The smallest absolute Gasteiger partial charge is 0.00262 e. The first-order valence-electron chi connectivity index (χ1n) is 18.0. The van der Waals surface area contributed by atoms with Crippen LogP contribution in [0.25, 0.3) is 98.7 Å². The molecule has 0 heterocycles. The van der Waals surface area contributed by atoms with E-state index in [-0.39, 0.29) is 0 Å². The molecule has 0 nitrogen and oxygen atoms in total. The first-order chi connectivity index (χ1) is 25.8. The molecule has 10 aromatic carbocycles. The van der Waals surface area contributed by atoms with E-state index in [9.17, 15) is 0 Å². The second-order valence-corrected chi connectivity index (χ2v) is 13.6. The zero-order chi connectivity index (χ0) is 34.4. The molecule has 10 aromatic rings. The molecule has 0 bridgehead atoms. The number of hydrogen-bond donors (Lipinski definition) is 0. The molecule has 0 saturated carbocycles. The van der Waals surface area contributed by atoms with E-state index in [2.05, 4.69) is 206 Å². The third-order valence-corrected chi connectivity index (χ3v) is 10.6. The predicted molar refractivity (Wildman–Crippen MR) is 224 cm³/mol. The molecule has 242 valence electrons. The van der Waals surface area contributed by atoms with Crippen molar-refractivity contribution >= 4 is 43.1 Å². The summed E-state index contributed by atoms with van der Waals surface area (Å²) in [7, 11) is 0. The Kier molecular flexibility index (Phi) is 7.25. The Morgan fingerprint density at radius 3 is 1.29 bits per heavy atom. The molecular formula is C52H34. The van der Waals surface area contributed by atoms with E-state index in [4.69, 9.17) is 0 Å². The van der Waals surface area contributed by atoms with Crippen molar-refractivity contribution in [2.45, 2.75) is 0 Å². The van der Waals surface area contributed by atoms with Crippen LogP contribution in [0.5, 0.6) is 0 Å². The fourth-order valence-electron chi connectivity index (χ4n) is 8.24. The third-order valence-electron chi connectivity index (χ3n) is 10.6. The lowest BCUT2D eigenvalue weighted by Gasteiger charge is -2.19. The van der Waals surface area contributed by atoms with E-state index in [0.29, 0.717) is 0 Å². The van der Waals surface area contributed by atoms with Crippen molar-refractivity contribution in [3.8, 4) is 55.6 Å². The van der Waals surface area contributed by atoms with Crippen LogP contribution in [0.4, 0.5) is 0 Å². The lowest BCUT2D eigenvalue weighted by molar-refractivity contribution is 1.60. The van der Waals surface area contributed by atoms with E-state index in [1.165, 1.54) is 98.7 Å². The molecule has 10 rings (SSSR count). The zero-order valence-corrected chi connectivity index (χ0v) is 28.6. The Hall–Kier alpha value is -6.76. The summed E-state index contributed by atoms with van der Waals surface area (Å²) >= 11 is 0. The van der Waals surface area contributed by atoms with Crippen molar-refractivity contribution < 1.29 is 0 Å². The van der Waals surface area contributed by atoms with Gasteiger partial charge in [-0.05, 0) is 117 Å². The highest BCUT2D eigenvalue weighted by Crippen LogP contribution is 2.46. The van der Waals surface area contributed by atoms with Crippen LogP contribution in [0.1, 0.15) is 0 Å². The highest BCUT2D eigenvalue weighted by Gasteiger charge is 2.18. The maximum absolute atomic E-state index is 2.39. The van der Waals surface area contributed by atoms with Crippen molar-refractivity contribution in [1.82, 2.24) is 0 Å². The number of fused-ring (bicyclic) bond motifs is 4. The van der Waals surface area contributed by atoms with Crippen molar-refractivity contribution in [2.75, 3.05) is 0 Å². The van der Waals surface area contributed by atoms with E-state index in [1.54, 1.807) is 0 Å². The number of benzene rings is 10. The van der Waals surface area contributed by atoms with Gasteiger partial charge < -0.3 is 0 Å². The molecule has 0 atom stereocenters. The molecule has 0 aliphatic heterocycles. The molecule has 0 amide bonds. The Bertz CT molecular complexity index is 2890. The molecule has 0 unspecified atom stereocenters. The molecule has 0 aliphatic rings. The largest absolute Gasteiger partial charge is 0.0622 e. The second-order valence-electron chi connectivity index (χ2n) is 13.6. The third kappa shape index (κ3) is 5.08. The first-order valence-corrected chi connectivity index (χ1v) is 18.0. The number of hydrogen-bond acceptors (Lipinski definition) is 0. The van der Waals surface area contributed by atoms with Crippen LogP contribution < -0.4 is 0 Å². The van der Waals surface area contributed by atoms with E-state index < -0.39 is 0 Å². The van der Waals surface area contributed by atoms with Gasteiger partial charge in [0.1, 0.15) is 0 Å². The highest BCUT2D eigenvalue weighted by molar-refractivity contribution is 6.21. The Morgan fingerprint density at radius 2 is 0.635 bits per heavy atom. The lowest BCUT2D eigenvalue weighted by Crippen LogP contribution is -1.92. The average molecular weight is 659 g/mol. The van der Waals surface area contributed by atoms with Gasteiger partial charge in [0.2, 0.25) is 0 Å². The van der Waals surface area contributed by atoms with Crippen molar-refractivity contribution in [3.63, 3.8) is 0 Å². The Morgan fingerprint density at radius 1 is 0.192 bits per heavy atom. The minimum absolute atomic E-state index is 1.21. The number of rotatable bonds is 5. The van der Waals surface area contributed by atoms with Crippen LogP contribution in [0.15, 0.2) is 206 Å². The zero-order valence-electron chi connectivity index (χ0n) is 28.6. The maximum Gasteiger partial charge on any atom is -0.00262 e. The van der Waals surface area contributed by atoms with Crippen molar-refractivity contribution in [2.24, 2.45) is 0 Å². The summed E-state index contributed by atoms with van der Waals surface area (Å²) in [6.45, 7) is 0. The quantitative estimate of drug-likeness (QED) is 0.161. The summed E-state index contributed by atoms with van der Waals surface area (Å²) in [6.07, 6.45) is 0. The van der Waals surface area contributed by atoms with Gasteiger partial charge in [-0.3, -0.25) is 0 Å². The monoisotopic (exact) mass is 658 g/mol. The minimum atomic E-state index is 1.21. The molecular weight excluding hydrogens is 625 g/mol. The summed E-state index contributed by atoms with van der Waals surface area (Å²) in [6, 6.07) is 75.6. The van der Waals surface area contributed by atoms with Crippen molar-refractivity contribution in [3.05, 3.63) is 206 Å². The van der Waals surface area contributed by atoms with Gasteiger partial charge in [-0.1, -0.05) is 188 Å². The topological polar surface area (TPSA) is 0 Å². The van der Waals surface area contributed by atoms with Gasteiger partial charge in [-0.2, -0.15) is 0 Å². The molecule has 0 N–H and O–H groups in total. The fourth-order valence-corrected chi connectivity index (χ4v) is 8.24. The van der Waals surface area contributed by atoms with Crippen LogP contribution in [-0.4, -0.2) is 0 Å². The van der Waals surface area contributed by atoms with Gasteiger partial charge in [0.15, 0.2) is 0 Å². The van der Waals surface area contributed by atoms with Gasteiger partial charge in [0, 0.05) is 0 Å². The molecule has 0 fully saturated rings. The highest BCUT2D eigenvalue weighted by atomic mass is 14.2. The normalized spacial score (nSPS) is 11.5. The molecule has 0 saturated heterocycles. The molecule has 0 spiro atoms. The molecule has 0 aliphatic carbocycles. The molecule has 0 radical (unpaired) electrons. The fraction of sp³-hybridized carbons (Fsp3) is 0. The van der Waals surface area contributed by atoms with Gasteiger partial charge in [0.05, 0.1) is 0 Å². The predicted octanol–water partition coefficient (Wildman–Crippen LogP) is 14.6. The summed E-state index contributed by atoms with van der Waals surface area (Å²) in [5, 5.41) is 10.1. The SMILES string of the molecule is c1ccc(-c2c(-c3cccc(-c4c5ccccc5c(-c5cccc(-c6ccc7ccccc7c6)c5)c5ccccc45)c3)ccc3ccccc23)cc1. The van der Waals surface area contributed by atoms with Crippen LogP contribution in [-0.2, 0) is 0 Å². The summed E-state index contributed by atoms with van der Waals surface area (Å²) in [5.41, 5.74) is 12.4. The summed E-state index contributed by atoms with van der Waals surface area (Å²) in [5.74, 6) is 0. The second kappa shape index (κ2) is 12.5. The van der Waals surface area contributed by atoms with Crippen LogP contribution >= 0.6 is 0 Å². The summed E-state index contributed by atoms with van der Waals surface area (Å²) in [4.78, 5) is 0. The molecule has 52 heavy (non-hydrogen) atoms. The van der Waals surface area contributed by atoms with Crippen LogP contribution in [0.3, 0.4) is 0 Å². The van der Waals surface area contributed by atoms with Crippen LogP contribution in [0.2, 0.25) is 0 Å². The lowest BCUT2D eigenvalue weighted by atomic mass is 9.84. The van der Waals surface area contributed by atoms with Crippen molar-refractivity contribution in [1.29, 1.82) is 0 Å². The average Bonchev–Trinajstić information content (AvgIpc) is 3.22. The Balaban J connectivity index is 1.18. The van der Waals surface area contributed by atoms with E-state index in [0.717, 1.165) is 0 Å². The van der Waals surface area contributed by atoms with Gasteiger partial charge in [-0.15, -0.1) is 0 Å². The van der Waals surface area contributed by atoms with Gasteiger partial charge >= 0.3 is 0 Å². The first kappa shape index (κ1) is 30.1. The minimum Gasteiger partial charge on any atom is -0.0622 e. The standard InChI is InChI=1S/C52H34/c1-2-16-37(17-3-1)50-44-23-7-6-15-36(44)30-31-45(50)41-20-13-22-43(34-41)52-48-26-10-8-24-46(48)51(47-25-9-11-27-49(47)52)42-21-12-19-39(33-42)40-29-28-35-14-4-5-18-38(35)32-40/h1-34H. The van der Waals surface area contributed by atoms with E-state index in [1.807, 2.05) is 0 Å². The molecule has 0 aromatic heterocycles. The maximum atomic E-state index is 2.39. The molecule has 0 heteroatoms. The van der Waals surface area contributed by atoms with Gasteiger partial charge in [0.25, 0.3) is 0 Å².